The highest BCUT2D eigenvalue weighted by Crippen LogP contribution is 2.16. The van der Waals surface area contributed by atoms with Crippen LogP contribution in [-0.4, -0.2) is 42.0 Å². The summed E-state index contributed by atoms with van der Waals surface area (Å²) in [5, 5.41) is 8.93. The molecule has 5 heteroatoms. The van der Waals surface area contributed by atoms with E-state index in [0.717, 1.165) is 18.8 Å². The van der Waals surface area contributed by atoms with E-state index in [0.29, 0.717) is 24.2 Å². The molecule has 0 atom stereocenters. The second kappa shape index (κ2) is 6.27. The molecule has 2 heterocycles. The summed E-state index contributed by atoms with van der Waals surface area (Å²) >= 11 is 0. The average Bonchev–Trinajstić information content (AvgIpc) is 2.62. The molecule has 0 unspecified atom stereocenters. The Balaban J connectivity index is 1.66. The predicted octanol–water partition coefficient (Wildman–Crippen LogP) is 1.92. The van der Waals surface area contributed by atoms with Crippen molar-refractivity contribution in [2.75, 3.05) is 31.1 Å². The third-order valence-electron chi connectivity index (χ3n) is 3.83. The molecule has 1 saturated heterocycles. The number of amides is 1. The van der Waals surface area contributed by atoms with Crippen LogP contribution in [0.2, 0.25) is 0 Å². The van der Waals surface area contributed by atoms with Crippen molar-refractivity contribution >= 4 is 11.6 Å². The highest BCUT2D eigenvalue weighted by atomic mass is 16.2. The molecular weight excluding hydrogens is 276 g/mol. The van der Waals surface area contributed by atoms with Gasteiger partial charge in [0.15, 0.2) is 0 Å². The van der Waals surface area contributed by atoms with E-state index < -0.39 is 0 Å². The van der Waals surface area contributed by atoms with Gasteiger partial charge in [0.1, 0.15) is 0 Å². The molecule has 22 heavy (non-hydrogen) atoms. The van der Waals surface area contributed by atoms with Gasteiger partial charge in [-0.05, 0) is 30.3 Å². The Labute approximate surface area is 129 Å². The SMILES string of the molecule is N#Cc1cccc(C(=O)N2CCN(c3ccncc3)CC2)c1. The molecule has 3 rings (SSSR count). The lowest BCUT2D eigenvalue weighted by Gasteiger charge is -2.36. The second-order valence-corrected chi connectivity index (χ2v) is 5.18. The Hall–Kier alpha value is -2.87. The zero-order valence-corrected chi connectivity index (χ0v) is 12.1. The second-order valence-electron chi connectivity index (χ2n) is 5.18. The number of hydrogen-bond donors (Lipinski definition) is 0. The molecule has 0 N–H and O–H groups in total. The molecule has 1 fully saturated rings. The van der Waals surface area contributed by atoms with Gasteiger partial charge in [-0.15, -0.1) is 0 Å². The van der Waals surface area contributed by atoms with E-state index in [1.54, 1.807) is 36.7 Å². The van der Waals surface area contributed by atoms with Crippen molar-refractivity contribution in [3.05, 3.63) is 59.9 Å². The summed E-state index contributed by atoms with van der Waals surface area (Å²) < 4.78 is 0. The maximum Gasteiger partial charge on any atom is 0.254 e. The van der Waals surface area contributed by atoms with Crippen molar-refractivity contribution in [1.82, 2.24) is 9.88 Å². The normalized spacial score (nSPS) is 14.5. The number of nitriles is 1. The van der Waals surface area contributed by atoms with Crippen molar-refractivity contribution in [2.24, 2.45) is 0 Å². The lowest BCUT2D eigenvalue weighted by molar-refractivity contribution is 0.0746. The van der Waals surface area contributed by atoms with Crippen LogP contribution >= 0.6 is 0 Å². The number of piperazine rings is 1. The molecule has 1 amide bonds. The number of nitrogens with zero attached hydrogens (tertiary/aromatic N) is 4. The van der Waals surface area contributed by atoms with E-state index in [9.17, 15) is 4.79 Å². The Morgan fingerprint density at radius 3 is 2.50 bits per heavy atom. The van der Waals surface area contributed by atoms with Crippen LogP contribution in [0.1, 0.15) is 15.9 Å². The summed E-state index contributed by atoms with van der Waals surface area (Å²) in [6, 6.07) is 12.9. The maximum atomic E-state index is 12.5. The summed E-state index contributed by atoms with van der Waals surface area (Å²) in [7, 11) is 0. The molecular formula is C17H16N4O. The molecule has 1 aliphatic heterocycles. The van der Waals surface area contributed by atoms with Gasteiger partial charge in [-0.25, -0.2) is 0 Å². The Morgan fingerprint density at radius 1 is 1.09 bits per heavy atom. The smallest absolute Gasteiger partial charge is 0.254 e. The van der Waals surface area contributed by atoms with E-state index in [-0.39, 0.29) is 5.91 Å². The van der Waals surface area contributed by atoms with Crippen molar-refractivity contribution in [3.8, 4) is 6.07 Å². The molecule has 5 nitrogen and oxygen atoms in total. The molecule has 110 valence electrons. The minimum absolute atomic E-state index is 0.00789. The van der Waals surface area contributed by atoms with Gasteiger partial charge in [0, 0.05) is 49.8 Å². The van der Waals surface area contributed by atoms with Gasteiger partial charge in [0.25, 0.3) is 5.91 Å². The molecule has 1 aromatic heterocycles. The van der Waals surface area contributed by atoms with Gasteiger partial charge in [-0.2, -0.15) is 5.26 Å². The first-order valence-electron chi connectivity index (χ1n) is 7.22. The van der Waals surface area contributed by atoms with Crippen LogP contribution in [0.15, 0.2) is 48.8 Å². The number of benzene rings is 1. The third kappa shape index (κ3) is 2.91. The van der Waals surface area contributed by atoms with Crippen LogP contribution in [0.3, 0.4) is 0 Å². The number of pyridine rings is 1. The van der Waals surface area contributed by atoms with Crippen molar-refractivity contribution in [1.29, 1.82) is 5.26 Å². The maximum absolute atomic E-state index is 12.5. The summed E-state index contributed by atoms with van der Waals surface area (Å²) in [4.78, 5) is 20.6. The Kier molecular flexibility index (Phi) is 4.01. The molecule has 0 saturated carbocycles. The fourth-order valence-electron chi connectivity index (χ4n) is 2.63. The van der Waals surface area contributed by atoms with Crippen LogP contribution in [0.5, 0.6) is 0 Å². The quantitative estimate of drug-likeness (QED) is 0.848. The number of aromatic nitrogens is 1. The number of anilines is 1. The predicted molar refractivity (Wildman–Crippen MR) is 83.5 cm³/mol. The van der Waals surface area contributed by atoms with Gasteiger partial charge >= 0.3 is 0 Å². The average molecular weight is 292 g/mol. The van der Waals surface area contributed by atoms with Gasteiger partial charge in [-0.1, -0.05) is 6.07 Å². The minimum atomic E-state index is -0.00789. The summed E-state index contributed by atoms with van der Waals surface area (Å²) in [5.41, 5.74) is 2.23. The van der Waals surface area contributed by atoms with Gasteiger partial charge in [0.05, 0.1) is 11.6 Å². The lowest BCUT2D eigenvalue weighted by Crippen LogP contribution is -2.48. The number of carbonyl (C=O) groups is 1. The molecule has 0 aliphatic carbocycles. The summed E-state index contributed by atoms with van der Waals surface area (Å²) in [5.74, 6) is -0.00789. The van der Waals surface area contributed by atoms with Gasteiger partial charge < -0.3 is 9.80 Å². The Morgan fingerprint density at radius 2 is 1.82 bits per heavy atom. The first-order valence-corrected chi connectivity index (χ1v) is 7.22. The van der Waals surface area contributed by atoms with E-state index in [1.165, 1.54) is 0 Å². The van der Waals surface area contributed by atoms with Crippen molar-refractivity contribution in [2.45, 2.75) is 0 Å². The third-order valence-corrected chi connectivity index (χ3v) is 3.83. The largest absolute Gasteiger partial charge is 0.368 e. The number of carbonyl (C=O) groups excluding carboxylic acids is 1. The fourth-order valence-corrected chi connectivity index (χ4v) is 2.63. The Bertz CT molecular complexity index is 700. The van der Waals surface area contributed by atoms with E-state index in [1.807, 2.05) is 17.0 Å². The topological polar surface area (TPSA) is 60.2 Å². The van der Waals surface area contributed by atoms with Crippen LogP contribution in [0.25, 0.3) is 0 Å². The standard InChI is InChI=1S/C17H16N4O/c18-13-14-2-1-3-15(12-14)17(22)21-10-8-20(9-11-21)16-4-6-19-7-5-16/h1-7,12H,8-11H2. The van der Waals surface area contributed by atoms with Crippen LogP contribution in [0.4, 0.5) is 5.69 Å². The lowest BCUT2D eigenvalue weighted by atomic mass is 10.1. The summed E-state index contributed by atoms with van der Waals surface area (Å²) in [6.45, 7) is 2.96. The molecule has 1 aromatic carbocycles. The van der Waals surface area contributed by atoms with Crippen molar-refractivity contribution in [3.63, 3.8) is 0 Å². The molecule has 0 radical (unpaired) electrons. The number of hydrogen-bond acceptors (Lipinski definition) is 4. The van der Waals surface area contributed by atoms with Crippen LogP contribution < -0.4 is 4.90 Å². The van der Waals surface area contributed by atoms with Crippen LogP contribution in [-0.2, 0) is 0 Å². The molecule has 1 aliphatic rings. The highest BCUT2D eigenvalue weighted by Gasteiger charge is 2.22. The first kappa shape index (κ1) is 14.1. The van der Waals surface area contributed by atoms with E-state index in [4.69, 9.17) is 5.26 Å². The van der Waals surface area contributed by atoms with E-state index >= 15 is 0 Å². The number of rotatable bonds is 2. The van der Waals surface area contributed by atoms with Gasteiger partial charge in [-0.3, -0.25) is 9.78 Å². The summed E-state index contributed by atoms with van der Waals surface area (Å²) in [6.07, 6.45) is 3.56. The van der Waals surface area contributed by atoms with Gasteiger partial charge in [0.2, 0.25) is 0 Å². The monoisotopic (exact) mass is 292 g/mol. The van der Waals surface area contributed by atoms with Crippen LogP contribution in [0, 0.1) is 11.3 Å². The minimum Gasteiger partial charge on any atom is -0.368 e. The fraction of sp³-hybridized carbons (Fsp3) is 0.235. The van der Waals surface area contributed by atoms with Crippen molar-refractivity contribution < 1.29 is 4.79 Å². The zero-order chi connectivity index (χ0) is 15.4. The highest BCUT2D eigenvalue weighted by molar-refractivity contribution is 5.94. The molecule has 0 spiro atoms. The molecule has 2 aromatic rings. The molecule has 0 bridgehead atoms. The van der Waals surface area contributed by atoms with E-state index in [2.05, 4.69) is 16.0 Å². The first-order chi connectivity index (χ1) is 10.8. The zero-order valence-electron chi connectivity index (χ0n) is 12.1.